The number of hydrogen-bond acceptors (Lipinski definition) is 1. The van der Waals surface area contributed by atoms with Crippen molar-refractivity contribution in [2.75, 3.05) is 6.54 Å². The fourth-order valence-electron chi connectivity index (χ4n) is 0.304. The summed E-state index contributed by atoms with van der Waals surface area (Å²) < 4.78 is 0. The second-order valence-corrected chi connectivity index (χ2v) is 1.35. The normalized spacial score (nSPS) is 33.4. The average molecular weight is 67.9 g/mol. The maximum Gasteiger partial charge on any atom is 0.131 e. The van der Waals surface area contributed by atoms with Gasteiger partial charge in [-0.05, 0) is 5.94 Å². The molecule has 0 aliphatic carbocycles. The summed E-state index contributed by atoms with van der Waals surface area (Å²) in [6.45, 7) is 3.28. The van der Waals surface area contributed by atoms with Gasteiger partial charge in [-0.2, -0.15) is 0 Å². The highest BCUT2D eigenvalue weighted by atomic mass is 15.1. The van der Waals surface area contributed by atoms with Crippen LogP contribution in [0.5, 0.6) is 0 Å². The Morgan fingerprint density at radius 3 is 2.60 bits per heavy atom. The number of hydrogen-bond donors (Lipinski definition) is 1. The first-order valence-corrected chi connectivity index (χ1v) is 1.96. The minimum absolute atomic E-state index is 0.759. The third kappa shape index (κ3) is 0.654. The fourth-order valence-corrected chi connectivity index (χ4v) is 0.304. The van der Waals surface area contributed by atoms with Crippen molar-refractivity contribution in [3.63, 3.8) is 0 Å². The Morgan fingerprint density at radius 1 is 2.00 bits per heavy atom. The first-order valence-electron chi connectivity index (χ1n) is 1.96. The molecular weight excluding hydrogens is 60.9 g/mol. The second kappa shape index (κ2) is 1.01. The molecule has 0 spiro atoms. The Hall–Kier alpha value is 0.0249. The quantitative estimate of drug-likeness (QED) is 0.329. The molecule has 1 nitrogen and oxygen atoms in total. The predicted octanol–water partition coefficient (Wildman–Crippen LogP) is -0.332. The SMILES string of the molecule is C[B][C@H]1CN1. The van der Waals surface area contributed by atoms with Crippen molar-refractivity contribution in [1.29, 1.82) is 0 Å². The first-order chi connectivity index (χ1) is 2.43. The van der Waals surface area contributed by atoms with Crippen LogP contribution in [-0.4, -0.2) is 19.8 Å². The van der Waals surface area contributed by atoms with Crippen molar-refractivity contribution >= 4 is 7.28 Å². The highest BCUT2D eigenvalue weighted by Gasteiger charge is 2.16. The molecule has 1 saturated heterocycles. The monoisotopic (exact) mass is 68.1 g/mol. The first kappa shape index (κ1) is 3.22. The van der Waals surface area contributed by atoms with Gasteiger partial charge in [-0.25, -0.2) is 0 Å². The topological polar surface area (TPSA) is 21.9 Å². The van der Waals surface area contributed by atoms with Crippen LogP contribution < -0.4 is 5.32 Å². The van der Waals surface area contributed by atoms with Gasteiger partial charge in [0.1, 0.15) is 7.28 Å². The van der Waals surface area contributed by atoms with Gasteiger partial charge in [0.15, 0.2) is 0 Å². The minimum Gasteiger partial charge on any atom is -0.320 e. The molecule has 0 bridgehead atoms. The molecule has 1 fully saturated rings. The van der Waals surface area contributed by atoms with Crippen LogP contribution in [0.25, 0.3) is 0 Å². The van der Waals surface area contributed by atoms with Crippen molar-refractivity contribution in [1.82, 2.24) is 5.32 Å². The van der Waals surface area contributed by atoms with Crippen LogP contribution in [-0.2, 0) is 0 Å². The molecule has 5 heavy (non-hydrogen) atoms. The van der Waals surface area contributed by atoms with E-state index < -0.39 is 0 Å². The van der Waals surface area contributed by atoms with E-state index in [-0.39, 0.29) is 0 Å². The third-order valence-electron chi connectivity index (χ3n) is 0.842. The Balaban J connectivity index is 2.00. The van der Waals surface area contributed by atoms with Crippen molar-refractivity contribution < 1.29 is 0 Å². The molecule has 1 atom stereocenters. The molecule has 0 saturated carbocycles. The lowest BCUT2D eigenvalue weighted by atomic mass is 9.78. The molecule has 1 radical (unpaired) electrons. The van der Waals surface area contributed by atoms with Crippen molar-refractivity contribution in [3.8, 4) is 0 Å². The van der Waals surface area contributed by atoms with Gasteiger partial charge in [-0.1, -0.05) is 6.82 Å². The van der Waals surface area contributed by atoms with Gasteiger partial charge in [-0.3, -0.25) is 0 Å². The summed E-state index contributed by atoms with van der Waals surface area (Å²) in [6, 6.07) is 0. The van der Waals surface area contributed by atoms with E-state index >= 15 is 0 Å². The van der Waals surface area contributed by atoms with Crippen molar-refractivity contribution in [2.45, 2.75) is 12.8 Å². The predicted molar refractivity (Wildman–Crippen MR) is 23.4 cm³/mol. The maximum absolute atomic E-state index is 3.13. The Morgan fingerprint density at radius 2 is 2.60 bits per heavy atom. The van der Waals surface area contributed by atoms with Gasteiger partial charge in [0.25, 0.3) is 0 Å². The van der Waals surface area contributed by atoms with E-state index in [2.05, 4.69) is 19.4 Å². The average Bonchev–Trinajstić information content (AvgIpc) is 2.12. The summed E-state index contributed by atoms with van der Waals surface area (Å²) in [6.07, 6.45) is 0. The van der Waals surface area contributed by atoms with Gasteiger partial charge in [0.05, 0.1) is 0 Å². The summed E-state index contributed by atoms with van der Waals surface area (Å²) in [5, 5.41) is 3.13. The molecule has 1 heterocycles. The van der Waals surface area contributed by atoms with Crippen LogP contribution in [0.15, 0.2) is 0 Å². The second-order valence-electron chi connectivity index (χ2n) is 1.35. The van der Waals surface area contributed by atoms with E-state index in [1.54, 1.807) is 0 Å². The lowest BCUT2D eigenvalue weighted by Crippen LogP contribution is -1.95. The molecular formula is C3H7BN. The van der Waals surface area contributed by atoms with Gasteiger partial charge < -0.3 is 5.32 Å². The zero-order chi connectivity index (χ0) is 3.70. The summed E-state index contributed by atoms with van der Waals surface area (Å²) in [5.41, 5.74) is 0. The molecule has 2 heteroatoms. The molecule has 0 unspecified atom stereocenters. The lowest BCUT2D eigenvalue weighted by Gasteiger charge is -1.67. The van der Waals surface area contributed by atoms with Gasteiger partial charge in [0, 0.05) is 6.54 Å². The van der Waals surface area contributed by atoms with E-state index in [9.17, 15) is 0 Å². The van der Waals surface area contributed by atoms with Crippen LogP contribution in [0.2, 0.25) is 6.82 Å². The lowest BCUT2D eigenvalue weighted by molar-refractivity contribution is 1.29. The van der Waals surface area contributed by atoms with Crippen LogP contribution in [0.1, 0.15) is 0 Å². The highest BCUT2D eigenvalue weighted by molar-refractivity contribution is 6.37. The van der Waals surface area contributed by atoms with Gasteiger partial charge in [-0.15, -0.1) is 0 Å². The van der Waals surface area contributed by atoms with E-state index in [0.717, 1.165) is 5.94 Å². The summed E-state index contributed by atoms with van der Waals surface area (Å²) >= 11 is 0. The standard InChI is InChI=1S/C3H7BN/c1-4-3-2-5-3/h3,5H,2H2,1H3/t3-/m1/s1. The van der Waals surface area contributed by atoms with E-state index in [1.165, 1.54) is 6.54 Å². The van der Waals surface area contributed by atoms with Crippen LogP contribution in [0.3, 0.4) is 0 Å². The molecule has 1 aliphatic heterocycles. The summed E-state index contributed by atoms with van der Waals surface area (Å²) in [4.78, 5) is 0. The van der Waals surface area contributed by atoms with Gasteiger partial charge >= 0.3 is 0 Å². The zero-order valence-electron chi connectivity index (χ0n) is 3.36. The van der Waals surface area contributed by atoms with Crippen molar-refractivity contribution in [2.24, 2.45) is 0 Å². The fraction of sp³-hybridized carbons (Fsp3) is 1.00. The van der Waals surface area contributed by atoms with Crippen LogP contribution in [0.4, 0.5) is 0 Å². The minimum atomic E-state index is 0.759. The molecule has 1 aliphatic rings. The van der Waals surface area contributed by atoms with E-state index in [1.807, 2.05) is 0 Å². The molecule has 0 amide bonds. The summed E-state index contributed by atoms with van der Waals surface area (Å²) in [5.74, 6) is 0.759. The Kier molecular flexibility index (Phi) is 0.654. The molecule has 0 aromatic carbocycles. The molecule has 0 aromatic rings. The molecule has 27 valence electrons. The number of nitrogens with one attached hydrogen (secondary N) is 1. The Labute approximate surface area is 33.0 Å². The largest absolute Gasteiger partial charge is 0.320 e. The molecule has 0 aromatic heterocycles. The number of rotatable bonds is 1. The van der Waals surface area contributed by atoms with E-state index in [0.29, 0.717) is 0 Å². The smallest absolute Gasteiger partial charge is 0.131 e. The van der Waals surface area contributed by atoms with Crippen LogP contribution in [0, 0.1) is 0 Å². The third-order valence-corrected chi connectivity index (χ3v) is 0.842. The maximum atomic E-state index is 3.13. The molecule has 1 N–H and O–H groups in total. The zero-order valence-corrected chi connectivity index (χ0v) is 3.36. The summed E-state index contributed by atoms with van der Waals surface area (Å²) in [7, 11) is 2.17. The van der Waals surface area contributed by atoms with E-state index in [4.69, 9.17) is 0 Å². The Bertz CT molecular complexity index is 33.9. The highest BCUT2D eigenvalue weighted by Crippen LogP contribution is 1.89. The van der Waals surface area contributed by atoms with Crippen molar-refractivity contribution in [3.05, 3.63) is 0 Å². The van der Waals surface area contributed by atoms with Gasteiger partial charge in [0.2, 0.25) is 0 Å². The van der Waals surface area contributed by atoms with Crippen LogP contribution >= 0.6 is 0 Å². The molecule has 1 rings (SSSR count).